The third kappa shape index (κ3) is 5.03. The molecule has 3 aromatic carbocycles. The number of nitrogens with one attached hydrogen (secondary N) is 1. The number of benzene rings is 3. The molecule has 3 fully saturated rings. The van der Waals surface area contributed by atoms with E-state index in [0.717, 1.165) is 22.6 Å². The number of carbonyl (C=O) groups excluding carboxylic acids is 4. The average molecular weight is 741 g/mol. The van der Waals surface area contributed by atoms with Crippen LogP contribution in [0.1, 0.15) is 48.3 Å². The third-order valence-electron chi connectivity index (χ3n) is 11.3. The van der Waals surface area contributed by atoms with Gasteiger partial charge in [0.05, 0.1) is 47.2 Å². The molecule has 0 spiro atoms. The summed E-state index contributed by atoms with van der Waals surface area (Å²) in [6, 6.07) is 22.5. The number of aliphatic hydroxyl groups is 1. The summed E-state index contributed by atoms with van der Waals surface area (Å²) in [4.78, 5) is 59.9. The number of furan rings is 1. The summed E-state index contributed by atoms with van der Waals surface area (Å²) in [5, 5.41) is 11.6. The first-order valence-corrected chi connectivity index (χ1v) is 18.0. The highest BCUT2D eigenvalue weighted by molar-refractivity contribution is 6.36. The van der Waals surface area contributed by atoms with Crippen LogP contribution < -0.4 is 15.1 Å². The van der Waals surface area contributed by atoms with Crippen molar-refractivity contribution in [3.8, 4) is 5.75 Å². The molecule has 4 aliphatic rings. The van der Waals surface area contributed by atoms with E-state index in [1.807, 2.05) is 25.1 Å². The predicted molar refractivity (Wildman–Crippen MR) is 194 cm³/mol. The van der Waals surface area contributed by atoms with Crippen molar-refractivity contribution in [3.05, 3.63) is 123 Å². The monoisotopic (exact) mass is 739 g/mol. The van der Waals surface area contributed by atoms with Crippen LogP contribution >= 0.6 is 23.2 Å². The smallest absolute Gasteiger partial charge is 0.260 e. The Kier molecular flexibility index (Phi) is 8.52. The summed E-state index contributed by atoms with van der Waals surface area (Å²) >= 11 is 12.7. The van der Waals surface area contributed by atoms with Gasteiger partial charge in [0.1, 0.15) is 29.3 Å². The molecule has 6 atom stereocenters. The number of halogens is 2. The van der Waals surface area contributed by atoms with Gasteiger partial charge in [-0.15, -0.1) is 0 Å². The van der Waals surface area contributed by atoms with Gasteiger partial charge in [0.15, 0.2) is 0 Å². The number of aryl methyl sites for hydroxylation is 1. The minimum Gasteiger partial charge on any atom is -0.497 e. The Hall–Kier alpha value is -4.90. The number of methoxy groups -OCH3 is 1. The molecule has 2 N–H and O–H groups in total. The average Bonchev–Trinajstić information content (AvgIpc) is 3.80. The topological polar surface area (TPSA) is 129 Å². The Balaban J connectivity index is 1.30. The first-order chi connectivity index (χ1) is 25.1. The van der Waals surface area contributed by atoms with Gasteiger partial charge in [0, 0.05) is 5.02 Å². The Morgan fingerprint density at radius 2 is 1.67 bits per heavy atom. The molecule has 3 heterocycles. The lowest BCUT2D eigenvalue weighted by molar-refractivity contribution is -0.138. The van der Waals surface area contributed by atoms with Gasteiger partial charge in [0.25, 0.3) is 11.8 Å². The van der Waals surface area contributed by atoms with E-state index in [1.54, 1.807) is 67.8 Å². The molecule has 6 unspecified atom stereocenters. The highest BCUT2D eigenvalue weighted by atomic mass is 35.5. The minimum atomic E-state index is -1.56. The number of ether oxygens (including phenoxy) is 1. The van der Waals surface area contributed by atoms with Crippen LogP contribution in [0.4, 0.5) is 11.4 Å². The first-order valence-electron chi connectivity index (χ1n) is 17.2. The standard InChI is InChI=1S/C40H35Cl2N3O7/c1-3-21-4-9-24(10-5-21)44-36(47)28-15-14-27-29(34(28)38(44)49)19-30-37(48)45(43-32-16-8-23(41)18-31(32)42)39(50)40(30,22-6-11-25(51-2)12-7-22)35(27)33-17-13-26(20-46)52-33/h4-14,16-18,28-30,34-35,43,46H,3,15,19-20H2,1-2H3. The predicted octanol–water partition coefficient (Wildman–Crippen LogP) is 6.84. The fourth-order valence-electron chi connectivity index (χ4n) is 8.92. The van der Waals surface area contributed by atoms with Crippen molar-refractivity contribution in [2.75, 3.05) is 17.4 Å². The molecule has 4 aromatic rings. The molecule has 4 amide bonds. The number of aliphatic hydroxyl groups excluding tert-OH is 1. The number of nitrogens with zero attached hydrogens (tertiary/aromatic N) is 2. The molecule has 12 heteroatoms. The van der Waals surface area contributed by atoms with Gasteiger partial charge in [-0.3, -0.25) is 29.5 Å². The van der Waals surface area contributed by atoms with E-state index < -0.39 is 46.8 Å². The molecule has 0 bridgehead atoms. The van der Waals surface area contributed by atoms with Crippen LogP contribution in [0.3, 0.4) is 0 Å². The minimum absolute atomic E-state index is 0.113. The van der Waals surface area contributed by atoms with Crippen LogP contribution in [0, 0.1) is 23.7 Å². The molecule has 2 aliphatic heterocycles. The third-order valence-corrected chi connectivity index (χ3v) is 11.9. The number of amides is 4. The van der Waals surface area contributed by atoms with E-state index in [0.29, 0.717) is 33.5 Å². The summed E-state index contributed by atoms with van der Waals surface area (Å²) in [6.07, 6.45) is 3.15. The van der Waals surface area contributed by atoms with Crippen LogP contribution in [0.15, 0.2) is 94.9 Å². The Labute approximate surface area is 309 Å². The summed E-state index contributed by atoms with van der Waals surface area (Å²) in [6.45, 7) is 1.65. The highest BCUT2D eigenvalue weighted by Crippen LogP contribution is 2.64. The maximum atomic E-state index is 15.3. The van der Waals surface area contributed by atoms with Gasteiger partial charge < -0.3 is 14.3 Å². The number of allylic oxidation sites excluding steroid dienone is 2. The zero-order chi connectivity index (χ0) is 36.5. The van der Waals surface area contributed by atoms with E-state index in [9.17, 15) is 19.5 Å². The van der Waals surface area contributed by atoms with Crippen molar-refractivity contribution >= 4 is 58.2 Å². The van der Waals surface area contributed by atoms with E-state index in [2.05, 4.69) is 5.43 Å². The van der Waals surface area contributed by atoms with Gasteiger partial charge in [-0.05, 0) is 90.9 Å². The zero-order valence-electron chi connectivity index (χ0n) is 28.3. The maximum Gasteiger partial charge on any atom is 0.260 e. The molecular formula is C40H35Cl2N3O7. The first kappa shape index (κ1) is 34.2. The van der Waals surface area contributed by atoms with Crippen molar-refractivity contribution in [1.29, 1.82) is 0 Å². The molecule has 1 aromatic heterocycles. The van der Waals surface area contributed by atoms with Gasteiger partial charge in [-0.1, -0.05) is 66.0 Å². The lowest BCUT2D eigenvalue weighted by Crippen LogP contribution is -2.53. The normalized spacial score (nSPS) is 26.6. The molecule has 10 nitrogen and oxygen atoms in total. The SMILES string of the molecule is CCc1ccc(N2C(=O)C3CC=C4C(CC5C(=O)N(Nc6ccc(Cl)cc6Cl)C(=O)C5(c5ccc(OC)cc5)C4c4ccc(CO)o4)C3C2=O)cc1. The van der Waals surface area contributed by atoms with E-state index in [-0.39, 0.29) is 42.0 Å². The summed E-state index contributed by atoms with van der Waals surface area (Å²) in [7, 11) is 1.54. The number of hydrogen-bond acceptors (Lipinski definition) is 8. The van der Waals surface area contributed by atoms with Crippen molar-refractivity contribution in [2.24, 2.45) is 23.7 Å². The van der Waals surface area contributed by atoms with E-state index in [1.165, 1.54) is 11.0 Å². The van der Waals surface area contributed by atoms with Gasteiger partial charge in [0.2, 0.25) is 11.8 Å². The summed E-state index contributed by atoms with van der Waals surface area (Å²) in [5.41, 5.74) is 4.59. The largest absolute Gasteiger partial charge is 0.497 e. The lowest BCUT2D eigenvalue weighted by Gasteiger charge is -2.49. The molecular weight excluding hydrogens is 705 g/mol. The molecule has 1 saturated carbocycles. The lowest BCUT2D eigenvalue weighted by atomic mass is 9.50. The van der Waals surface area contributed by atoms with E-state index in [4.69, 9.17) is 32.4 Å². The second kappa shape index (κ2) is 12.9. The second-order valence-corrected chi connectivity index (χ2v) is 14.5. The van der Waals surface area contributed by atoms with Gasteiger partial charge in [-0.25, -0.2) is 0 Å². The number of imide groups is 2. The molecule has 2 saturated heterocycles. The Morgan fingerprint density at radius 1 is 0.923 bits per heavy atom. The van der Waals surface area contributed by atoms with Crippen LogP contribution in [-0.2, 0) is 37.6 Å². The number of rotatable bonds is 8. The number of anilines is 2. The van der Waals surface area contributed by atoms with Gasteiger partial charge >= 0.3 is 0 Å². The van der Waals surface area contributed by atoms with Crippen LogP contribution in [0.25, 0.3) is 0 Å². The van der Waals surface area contributed by atoms with E-state index >= 15 is 4.79 Å². The van der Waals surface area contributed by atoms with Crippen molar-refractivity contribution in [1.82, 2.24) is 5.01 Å². The Morgan fingerprint density at radius 3 is 2.33 bits per heavy atom. The summed E-state index contributed by atoms with van der Waals surface area (Å²) < 4.78 is 11.7. The maximum absolute atomic E-state index is 15.3. The van der Waals surface area contributed by atoms with Gasteiger partial charge in [-0.2, -0.15) is 5.01 Å². The fourth-order valence-corrected chi connectivity index (χ4v) is 9.37. The molecule has 8 rings (SSSR count). The number of fused-ring (bicyclic) bond motifs is 4. The van der Waals surface area contributed by atoms with Crippen LogP contribution in [0.5, 0.6) is 5.75 Å². The van der Waals surface area contributed by atoms with Crippen LogP contribution in [0.2, 0.25) is 10.0 Å². The fraction of sp³-hybridized carbons (Fsp3) is 0.300. The zero-order valence-corrected chi connectivity index (χ0v) is 29.9. The van der Waals surface area contributed by atoms with Crippen molar-refractivity contribution in [2.45, 2.75) is 44.1 Å². The highest BCUT2D eigenvalue weighted by Gasteiger charge is 2.71. The number of hydrazine groups is 1. The molecule has 0 radical (unpaired) electrons. The quantitative estimate of drug-likeness (QED) is 0.149. The molecule has 266 valence electrons. The van der Waals surface area contributed by atoms with Crippen LogP contribution in [-0.4, -0.2) is 40.9 Å². The number of hydrogen-bond donors (Lipinski definition) is 2. The van der Waals surface area contributed by atoms with Crippen molar-refractivity contribution < 1.29 is 33.4 Å². The molecule has 52 heavy (non-hydrogen) atoms. The second-order valence-electron chi connectivity index (χ2n) is 13.7. The molecule has 2 aliphatic carbocycles. The Bertz CT molecular complexity index is 2150. The number of carbonyl (C=O) groups is 4. The van der Waals surface area contributed by atoms with Crippen molar-refractivity contribution in [3.63, 3.8) is 0 Å². The summed E-state index contributed by atoms with van der Waals surface area (Å²) in [5.74, 6) is -4.34.